The Morgan fingerprint density at radius 3 is 2.79 bits per heavy atom. The molecule has 0 spiro atoms. The van der Waals surface area contributed by atoms with Crippen molar-refractivity contribution in [3.05, 3.63) is 47.5 Å². The van der Waals surface area contributed by atoms with Crippen LogP contribution >= 0.6 is 11.7 Å². The highest BCUT2D eigenvalue weighted by molar-refractivity contribution is 6.99. The third kappa shape index (κ3) is 1.54. The molecule has 2 rings (SSSR count). The quantitative estimate of drug-likeness (QED) is 0.708. The van der Waals surface area contributed by atoms with Gasteiger partial charge in [0.15, 0.2) is 0 Å². The van der Waals surface area contributed by atoms with Crippen LogP contribution in [0.4, 0.5) is 4.39 Å². The molecule has 0 aliphatic heterocycles. The molecule has 2 aromatic rings. The van der Waals surface area contributed by atoms with Crippen LogP contribution in [0.25, 0.3) is 0 Å². The first kappa shape index (κ1) is 8.96. The van der Waals surface area contributed by atoms with Crippen LogP contribution in [0.15, 0.2) is 30.5 Å². The van der Waals surface area contributed by atoms with Gasteiger partial charge in [-0.25, -0.2) is 4.39 Å². The van der Waals surface area contributed by atoms with Crippen molar-refractivity contribution in [2.24, 2.45) is 0 Å². The topological polar surface area (TPSA) is 42.9 Å². The van der Waals surface area contributed by atoms with Crippen LogP contribution in [-0.4, -0.2) is 14.5 Å². The molecular weight excluding hydrogens is 203 g/mol. The lowest BCUT2D eigenvalue weighted by Crippen LogP contribution is -2.03. The zero-order valence-corrected chi connectivity index (χ0v) is 7.79. The second-order valence-electron chi connectivity index (χ2n) is 2.60. The molecule has 0 radical (unpaired) electrons. The number of hydrogen-bond donors (Lipinski definition) is 0. The molecule has 14 heavy (non-hydrogen) atoms. The number of ketones is 1. The van der Waals surface area contributed by atoms with Gasteiger partial charge in [-0.15, -0.1) is 0 Å². The first-order valence-electron chi connectivity index (χ1n) is 3.86. The first-order chi connectivity index (χ1) is 6.79. The molecule has 5 heteroatoms. The van der Waals surface area contributed by atoms with E-state index >= 15 is 0 Å². The zero-order valence-electron chi connectivity index (χ0n) is 6.98. The van der Waals surface area contributed by atoms with Crippen LogP contribution in [0.3, 0.4) is 0 Å². The van der Waals surface area contributed by atoms with E-state index in [2.05, 4.69) is 8.75 Å². The number of aromatic nitrogens is 2. The molecule has 70 valence electrons. The first-order valence-corrected chi connectivity index (χ1v) is 4.59. The molecular formula is C9H5FN2OS. The van der Waals surface area contributed by atoms with E-state index in [0.717, 1.165) is 11.7 Å². The van der Waals surface area contributed by atoms with Gasteiger partial charge in [-0.3, -0.25) is 4.79 Å². The van der Waals surface area contributed by atoms with Gasteiger partial charge >= 0.3 is 0 Å². The summed E-state index contributed by atoms with van der Waals surface area (Å²) in [5.74, 6) is -0.970. The van der Waals surface area contributed by atoms with Crippen molar-refractivity contribution in [1.82, 2.24) is 8.75 Å². The van der Waals surface area contributed by atoms with Gasteiger partial charge in [-0.05, 0) is 12.1 Å². The fourth-order valence-electron chi connectivity index (χ4n) is 1.05. The summed E-state index contributed by atoms with van der Waals surface area (Å²) in [6.45, 7) is 0. The highest BCUT2D eigenvalue weighted by atomic mass is 32.1. The minimum atomic E-state index is -0.537. The Kier molecular flexibility index (Phi) is 2.32. The highest BCUT2D eigenvalue weighted by Gasteiger charge is 2.15. The maximum atomic E-state index is 13.2. The lowest BCUT2D eigenvalue weighted by Gasteiger charge is -1.97. The van der Waals surface area contributed by atoms with Crippen LogP contribution in [-0.2, 0) is 0 Å². The predicted molar refractivity (Wildman–Crippen MR) is 49.7 cm³/mol. The number of benzene rings is 1. The Morgan fingerprint density at radius 1 is 1.36 bits per heavy atom. The number of carbonyl (C=O) groups excluding carboxylic acids is 1. The maximum absolute atomic E-state index is 13.2. The van der Waals surface area contributed by atoms with Gasteiger partial charge in [0.25, 0.3) is 0 Å². The number of nitrogens with zero attached hydrogens (tertiary/aromatic N) is 2. The van der Waals surface area contributed by atoms with Crippen molar-refractivity contribution in [3.63, 3.8) is 0 Å². The SMILES string of the molecule is O=C(c1cnsn1)c1ccccc1F. The van der Waals surface area contributed by atoms with E-state index in [1.54, 1.807) is 6.07 Å². The number of rotatable bonds is 2. The Hall–Kier alpha value is -1.62. The van der Waals surface area contributed by atoms with Crippen molar-refractivity contribution in [2.75, 3.05) is 0 Å². The highest BCUT2D eigenvalue weighted by Crippen LogP contribution is 2.11. The van der Waals surface area contributed by atoms with Crippen molar-refractivity contribution in [3.8, 4) is 0 Å². The van der Waals surface area contributed by atoms with Crippen molar-refractivity contribution in [1.29, 1.82) is 0 Å². The average Bonchev–Trinajstić information content (AvgIpc) is 2.70. The molecule has 0 fully saturated rings. The summed E-state index contributed by atoms with van der Waals surface area (Å²) < 4.78 is 20.6. The van der Waals surface area contributed by atoms with Gasteiger partial charge < -0.3 is 0 Å². The van der Waals surface area contributed by atoms with E-state index in [4.69, 9.17) is 0 Å². The number of halogens is 1. The summed E-state index contributed by atoms with van der Waals surface area (Å²) in [4.78, 5) is 11.6. The molecule has 1 aromatic heterocycles. The summed E-state index contributed by atoms with van der Waals surface area (Å²) in [7, 11) is 0. The van der Waals surface area contributed by atoms with E-state index in [0.29, 0.717) is 0 Å². The summed E-state index contributed by atoms with van der Waals surface area (Å²) in [6, 6.07) is 5.81. The second-order valence-corrected chi connectivity index (χ2v) is 3.16. The predicted octanol–water partition coefficient (Wildman–Crippen LogP) is 1.91. The van der Waals surface area contributed by atoms with Gasteiger partial charge in [0.05, 0.1) is 23.5 Å². The summed E-state index contributed by atoms with van der Waals surface area (Å²) in [5, 5.41) is 0. The van der Waals surface area contributed by atoms with Gasteiger partial charge in [-0.1, -0.05) is 12.1 Å². The number of carbonyl (C=O) groups is 1. The van der Waals surface area contributed by atoms with Crippen molar-refractivity contribution >= 4 is 17.5 Å². The van der Waals surface area contributed by atoms with Gasteiger partial charge in [0.1, 0.15) is 11.5 Å². The third-order valence-electron chi connectivity index (χ3n) is 1.71. The summed E-state index contributed by atoms with van der Waals surface area (Å²) in [5.41, 5.74) is 0.209. The smallest absolute Gasteiger partial charge is 0.217 e. The normalized spacial score (nSPS) is 10.1. The Labute approximate surface area is 83.5 Å². The van der Waals surface area contributed by atoms with Crippen LogP contribution in [0, 0.1) is 5.82 Å². The van der Waals surface area contributed by atoms with Crippen molar-refractivity contribution < 1.29 is 9.18 Å². The third-order valence-corrected chi connectivity index (χ3v) is 2.19. The fraction of sp³-hybridized carbons (Fsp3) is 0. The van der Waals surface area contributed by atoms with Crippen molar-refractivity contribution in [2.45, 2.75) is 0 Å². The minimum Gasteiger partial charge on any atom is -0.287 e. The Morgan fingerprint density at radius 2 is 2.14 bits per heavy atom. The molecule has 0 aliphatic carbocycles. The summed E-state index contributed by atoms with van der Waals surface area (Å²) in [6.07, 6.45) is 1.33. The molecule has 0 amide bonds. The van der Waals surface area contributed by atoms with Crippen LogP contribution in [0.1, 0.15) is 16.1 Å². The number of hydrogen-bond acceptors (Lipinski definition) is 4. The zero-order chi connectivity index (χ0) is 9.97. The molecule has 0 saturated heterocycles. The van der Waals surface area contributed by atoms with Crippen LogP contribution in [0.5, 0.6) is 0 Å². The van der Waals surface area contributed by atoms with Gasteiger partial charge in [0.2, 0.25) is 5.78 Å². The van der Waals surface area contributed by atoms with E-state index in [1.807, 2.05) is 0 Å². The lowest BCUT2D eigenvalue weighted by atomic mass is 10.1. The maximum Gasteiger partial charge on any atom is 0.217 e. The molecule has 0 aliphatic rings. The molecule has 3 nitrogen and oxygen atoms in total. The molecule has 1 aromatic carbocycles. The standard InChI is InChI=1S/C9H5FN2OS/c10-7-4-2-1-3-6(7)9(13)8-5-11-14-12-8/h1-5H. The largest absolute Gasteiger partial charge is 0.287 e. The Bertz CT molecular complexity index is 456. The molecule has 0 bridgehead atoms. The average molecular weight is 208 g/mol. The minimum absolute atomic E-state index is 0.0280. The van der Waals surface area contributed by atoms with Gasteiger partial charge in [-0.2, -0.15) is 8.75 Å². The van der Waals surface area contributed by atoms with Crippen LogP contribution in [0.2, 0.25) is 0 Å². The monoisotopic (exact) mass is 208 g/mol. The molecule has 0 N–H and O–H groups in total. The second kappa shape index (κ2) is 3.63. The van der Waals surface area contributed by atoms with E-state index in [-0.39, 0.29) is 11.3 Å². The molecule has 0 saturated carbocycles. The van der Waals surface area contributed by atoms with E-state index in [9.17, 15) is 9.18 Å². The molecule has 1 heterocycles. The molecule has 0 unspecified atom stereocenters. The van der Waals surface area contributed by atoms with Crippen LogP contribution < -0.4 is 0 Å². The van der Waals surface area contributed by atoms with Gasteiger partial charge in [0, 0.05) is 0 Å². The van der Waals surface area contributed by atoms with E-state index < -0.39 is 11.6 Å². The fourth-order valence-corrected chi connectivity index (χ4v) is 1.46. The lowest BCUT2D eigenvalue weighted by molar-refractivity contribution is 0.103. The Balaban J connectivity index is 2.42. The summed E-state index contributed by atoms with van der Waals surface area (Å²) >= 11 is 0.925. The molecule has 0 atom stereocenters. The van der Waals surface area contributed by atoms with E-state index in [1.165, 1.54) is 24.4 Å².